The van der Waals surface area contributed by atoms with Crippen molar-refractivity contribution in [3.63, 3.8) is 0 Å². The molecule has 2 rings (SSSR count). The SMILES string of the molecule is CCCC[C@H](C)Cn1c(S[C@@H](C)C(=O)NCC)nnc1-c1ccc(Cl)cc1. The monoisotopic (exact) mass is 408 g/mol. The molecule has 1 heterocycles. The fourth-order valence-corrected chi connectivity index (χ4v) is 3.85. The molecule has 0 saturated carbocycles. The van der Waals surface area contributed by atoms with Crippen molar-refractivity contribution < 1.29 is 4.79 Å². The highest BCUT2D eigenvalue weighted by Crippen LogP contribution is 2.29. The van der Waals surface area contributed by atoms with Gasteiger partial charge in [-0.15, -0.1) is 10.2 Å². The standard InChI is InChI=1S/C20H29ClN4OS/c1-5-7-8-14(3)13-25-18(16-9-11-17(21)12-10-16)23-24-20(25)27-15(4)19(26)22-6-2/h9-12,14-15H,5-8,13H2,1-4H3,(H,22,26)/t14-,15-/m0/s1. The van der Waals surface area contributed by atoms with Gasteiger partial charge in [-0.05, 0) is 50.5 Å². The topological polar surface area (TPSA) is 59.8 Å². The molecule has 0 bridgehead atoms. The minimum atomic E-state index is -0.225. The number of hydrogen-bond acceptors (Lipinski definition) is 4. The second-order valence-electron chi connectivity index (χ2n) is 6.83. The van der Waals surface area contributed by atoms with Gasteiger partial charge in [-0.2, -0.15) is 0 Å². The van der Waals surface area contributed by atoms with E-state index in [0.29, 0.717) is 17.5 Å². The van der Waals surface area contributed by atoms with Crippen molar-refractivity contribution in [2.75, 3.05) is 6.54 Å². The van der Waals surface area contributed by atoms with Gasteiger partial charge in [0.05, 0.1) is 5.25 Å². The van der Waals surface area contributed by atoms with E-state index in [-0.39, 0.29) is 11.2 Å². The number of hydrogen-bond donors (Lipinski definition) is 1. The van der Waals surface area contributed by atoms with E-state index in [0.717, 1.165) is 29.5 Å². The van der Waals surface area contributed by atoms with E-state index >= 15 is 0 Å². The average Bonchev–Trinajstić information content (AvgIpc) is 3.03. The van der Waals surface area contributed by atoms with Crippen LogP contribution in [0.3, 0.4) is 0 Å². The number of rotatable bonds is 10. The first-order chi connectivity index (χ1) is 13.0. The lowest BCUT2D eigenvalue weighted by atomic mass is 10.0. The maximum Gasteiger partial charge on any atom is 0.233 e. The summed E-state index contributed by atoms with van der Waals surface area (Å²) in [6.07, 6.45) is 3.55. The number of unbranched alkanes of at least 4 members (excludes halogenated alkanes) is 1. The van der Waals surface area contributed by atoms with Gasteiger partial charge in [0.25, 0.3) is 0 Å². The third kappa shape index (κ3) is 6.25. The van der Waals surface area contributed by atoms with Crippen molar-refractivity contribution >= 4 is 29.3 Å². The summed E-state index contributed by atoms with van der Waals surface area (Å²) in [6, 6.07) is 7.64. The van der Waals surface area contributed by atoms with Crippen molar-refractivity contribution in [2.45, 2.75) is 63.9 Å². The van der Waals surface area contributed by atoms with Crippen molar-refractivity contribution in [3.8, 4) is 11.4 Å². The molecule has 0 fully saturated rings. The zero-order valence-electron chi connectivity index (χ0n) is 16.5. The molecule has 0 aliphatic rings. The summed E-state index contributed by atoms with van der Waals surface area (Å²) in [5.74, 6) is 1.34. The number of benzene rings is 1. The lowest BCUT2D eigenvalue weighted by Gasteiger charge is -2.17. The molecule has 0 unspecified atom stereocenters. The van der Waals surface area contributed by atoms with E-state index in [1.54, 1.807) is 0 Å². The molecule has 7 heteroatoms. The highest BCUT2D eigenvalue weighted by Gasteiger charge is 2.21. The average molecular weight is 409 g/mol. The predicted molar refractivity (Wildman–Crippen MR) is 113 cm³/mol. The number of nitrogens with one attached hydrogen (secondary N) is 1. The Balaban J connectivity index is 2.29. The predicted octanol–water partition coefficient (Wildman–Crippen LogP) is 5.04. The van der Waals surface area contributed by atoms with Gasteiger partial charge in [0.2, 0.25) is 5.91 Å². The maximum atomic E-state index is 12.1. The quantitative estimate of drug-likeness (QED) is 0.559. The Bertz CT molecular complexity index is 732. The lowest BCUT2D eigenvalue weighted by molar-refractivity contribution is -0.120. The molecule has 148 valence electrons. The maximum absolute atomic E-state index is 12.1. The molecule has 2 aromatic rings. The van der Waals surface area contributed by atoms with Gasteiger partial charge in [-0.3, -0.25) is 4.79 Å². The fraction of sp³-hybridized carbons (Fsp3) is 0.550. The summed E-state index contributed by atoms with van der Waals surface area (Å²) >= 11 is 7.48. The van der Waals surface area contributed by atoms with E-state index in [1.165, 1.54) is 24.6 Å². The van der Waals surface area contributed by atoms with Crippen LogP contribution < -0.4 is 5.32 Å². The van der Waals surface area contributed by atoms with Gasteiger partial charge < -0.3 is 9.88 Å². The molecule has 0 spiro atoms. The van der Waals surface area contributed by atoms with E-state index in [1.807, 2.05) is 38.1 Å². The summed E-state index contributed by atoms with van der Waals surface area (Å²) in [7, 11) is 0. The van der Waals surface area contributed by atoms with Crippen LogP contribution in [-0.4, -0.2) is 32.5 Å². The van der Waals surface area contributed by atoms with Crippen LogP contribution >= 0.6 is 23.4 Å². The molecule has 2 atom stereocenters. The Morgan fingerprint density at radius 3 is 2.56 bits per heavy atom. The van der Waals surface area contributed by atoms with Gasteiger partial charge in [0, 0.05) is 23.7 Å². The number of amides is 1. The summed E-state index contributed by atoms with van der Waals surface area (Å²) in [5.41, 5.74) is 0.979. The first-order valence-electron chi connectivity index (χ1n) is 9.59. The third-order valence-electron chi connectivity index (χ3n) is 4.37. The highest BCUT2D eigenvalue weighted by molar-refractivity contribution is 8.00. The zero-order valence-corrected chi connectivity index (χ0v) is 18.1. The Morgan fingerprint density at radius 1 is 1.22 bits per heavy atom. The molecular formula is C20H29ClN4OS. The summed E-state index contributed by atoms with van der Waals surface area (Å²) in [4.78, 5) is 12.1. The van der Waals surface area contributed by atoms with Crippen LogP contribution in [0.1, 0.15) is 47.0 Å². The first kappa shape index (κ1) is 21.8. The summed E-state index contributed by atoms with van der Waals surface area (Å²) in [5, 5.41) is 12.9. The second-order valence-corrected chi connectivity index (χ2v) is 8.57. The smallest absolute Gasteiger partial charge is 0.233 e. The zero-order chi connectivity index (χ0) is 19.8. The van der Waals surface area contributed by atoms with Crippen LogP contribution in [-0.2, 0) is 11.3 Å². The fourth-order valence-electron chi connectivity index (χ4n) is 2.84. The number of nitrogens with zero attached hydrogens (tertiary/aromatic N) is 3. The van der Waals surface area contributed by atoms with Crippen LogP contribution in [0.5, 0.6) is 0 Å². The minimum Gasteiger partial charge on any atom is -0.355 e. The molecule has 0 aliphatic carbocycles. The lowest BCUT2D eigenvalue weighted by Crippen LogP contribution is -2.30. The Hall–Kier alpha value is -1.53. The van der Waals surface area contributed by atoms with Crippen molar-refractivity contribution in [2.24, 2.45) is 5.92 Å². The van der Waals surface area contributed by atoms with Crippen LogP contribution in [0, 0.1) is 5.92 Å². The third-order valence-corrected chi connectivity index (χ3v) is 5.70. The largest absolute Gasteiger partial charge is 0.355 e. The Morgan fingerprint density at radius 2 is 1.93 bits per heavy atom. The molecule has 0 saturated heterocycles. The molecule has 1 aromatic carbocycles. The minimum absolute atomic E-state index is 0.0177. The van der Waals surface area contributed by atoms with Crippen LogP contribution in [0.4, 0.5) is 0 Å². The van der Waals surface area contributed by atoms with Gasteiger partial charge in [0.15, 0.2) is 11.0 Å². The molecule has 5 nitrogen and oxygen atoms in total. The summed E-state index contributed by atoms with van der Waals surface area (Å²) < 4.78 is 2.14. The van der Waals surface area contributed by atoms with Crippen LogP contribution in [0.15, 0.2) is 29.4 Å². The molecular weight excluding hydrogens is 380 g/mol. The number of thioether (sulfide) groups is 1. The van der Waals surface area contributed by atoms with Crippen molar-refractivity contribution in [3.05, 3.63) is 29.3 Å². The second kappa shape index (κ2) is 10.7. The number of carbonyl (C=O) groups excluding carboxylic acids is 1. The van der Waals surface area contributed by atoms with E-state index in [9.17, 15) is 4.79 Å². The Labute approximate surface area is 171 Å². The van der Waals surface area contributed by atoms with E-state index in [4.69, 9.17) is 11.6 Å². The molecule has 27 heavy (non-hydrogen) atoms. The Kier molecular flexibility index (Phi) is 8.64. The van der Waals surface area contributed by atoms with Crippen LogP contribution in [0.25, 0.3) is 11.4 Å². The molecule has 1 N–H and O–H groups in total. The van der Waals surface area contributed by atoms with Crippen molar-refractivity contribution in [1.82, 2.24) is 20.1 Å². The van der Waals surface area contributed by atoms with Crippen molar-refractivity contribution in [1.29, 1.82) is 0 Å². The first-order valence-corrected chi connectivity index (χ1v) is 10.9. The van der Waals surface area contributed by atoms with Gasteiger partial charge in [-0.1, -0.05) is 50.1 Å². The molecule has 1 amide bonds. The van der Waals surface area contributed by atoms with Gasteiger partial charge >= 0.3 is 0 Å². The van der Waals surface area contributed by atoms with Gasteiger partial charge in [0.1, 0.15) is 0 Å². The molecule has 0 aliphatic heterocycles. The van der Waals surface area contributed by atoms with E-state index < -0.39 is 0 Å². The summed E-state index contributed by atoms with van der Waals surface area (Å²) in [6.45, 7) is 9.74. The number of halogens is 1. The number of aromatic nitrogens is 3. The van der Waals surface area contributed by atoms with E-state index in [2.05, 4.69) is 33.9 Å². The van der Waals surface area contributed by atoms with Crippen LogP contribution in [0.2, 0.25) is 5.02 Å². The number of carbonyl (C=O) groups is 1. The van der Waals surface area contributed by atoms with Gasteiger partial charge in [-0.25, -0.2) is 0 Å². The molecule has 1 aromatic heterocycles. The normalized spacial score (nSPS) is 13.4. The molecule has 0 radical (unpaired) electrons. The highest BCUT2D eigenvalue weighted by atomic mass is 35.5.